The second-order valence-electron chi connectivity index (χ2n) is 4.12. The van der Waals surface area contributed by atoms with E-state index in [1.54, 1.807) is 14.0 Å². The fourth-order valence-electron chi connectivity index (χ4n) is 1.45. The molecule has 0 radical (unpaired) electrons. The van der Waals surface area contributed by atoms with Gasteiger partial charge < -0.3 is 19.9 Å². The molecule has 6 nitrogen and oxygen atoms in total. The van der Waals surface area contributed by atoms with Crippen molar-refractivity contribution in [2.75, 3.05) is 20.3 Å². The SMILES string of the molecule is COCCNC(=O)C(C)Oc1c(Br)cc(C(=O)O)cc1Br. The Morgan fingerprint density at radius 2 is 1.90 bits per heavy atom. The molecule has 0 spiro atoms. The predicted molar refractivity (Wildman–Crippen MR) is 83.8 cm³/mol. The van der Waals surface area contributed by atoms with E-state index in [4.69, 9.17) is 14.6 Å². The van der Waals surface area contributed by atoms with Crippen LogP contribution in [0, 0.1) is 0 Å². The Hall–Kier alpha value is -1.12. The van der Waals surface area contributed by atoms with Crippen LogP contribution in [0.5, 0.6) is 5.75 Å². The molecule has 1 aromatic carbocycles. The number of benzene rings is 1. The minimum atomic E-state index is -1.05. The van der Waals surface area contributed by atoms with E-state index >= 15 is 0 Å². The van der Waals surface area contributed by atoms with E-state index in [-0.39, 0.29) is 11.5 Å². The molecule has 1 unspecified atom stereocenters. The zero-order chi connectivity index (χ0) is 16.0. The summed E-state index contributed by atoms with van der Waals surface area (Å²) in [6.07, 6.45) is -0.731. The van der Waals surface area contributed by atoms with Crippen LogP contribution in [0.3, 0.4) is 0 Å². The molecule has 0 fully saturated rings. The minimum absolute atomic E-state index is 0.110. The number of carboxylic acids is 1. The van der Waals surface area contributed by atoms with Gasteiger partial charge in [0.25, 0.3) is 5.91 Å². The molecule has 1 atom stereocenters. The summed E-state index contributed by atoms with van der Waals surface area (Å²) in [6.45, 7) is 2.41. The molecule has 0 aliphatic heterocycles. The molecule has 1 aromatic rings. The monoisotopic (exact) mass is 423 g/mol. The van der Waals surface area contributed by atoms with Crippen molar-refractivity contribution in [2.24, 2.45) is 0 Å². The van der Waals surface area contributed by atoms with E-state index in [0.717, 1.165) is 0 Å². The molecule has 0 aliphatic rings. The highest BCUT2D eigenvalue weighted by atomic mass is 79.9. The molecule has 0 saturated carbocycles. The molecule has 2 N–H and O–H groups in total. The third-order valence-electron chi connectivity index (χ3n) is 2.51. The molecule has 116 valence electrons. The van der Waals surface area contributed by atoms with Crippen LogP contribution in [-0.4, -0.2) is 43.3 Å². The molecule has 0 aromatic heterocycles. The Morgan fingerprint density at radius 1 is 1.33 bits per heavy atom. The Morgan fingerprint density at radius 3 is 2.38 bits per heavy atom. The Bertz CT molecular complexity index is 512. The van der Waals surface area contributed by atoms with Gasteiger partial charge in [-0.15, -0.1) is 0 Å². The highest BCUT2D eigenvalue weighted by molar-refractivity contribution is 9.11. The standard InChI is InChI=1S/C13H15Br2NO5/c1-7(12(17)16-3-4-20-2)21-11-9(14)5-8(13(18)19)6-10(11)15/h5-7H,3-4H2,1-2H3,(H,16,17)(H,18,19). The van der Waals surface area contributed by atoms with Crippen LogP contribution < -0.4 is 10.1 Å². The van der Waals surface area contributed by atoms with Crippen LogP contribution in [0.2, 0.25) is 0 Å². The number of hydrogen-bond donors (Lipinski definition) is 2. The first-order chi connectivity index (χ1) is 9.86. The maximum absolute atomic E-state index is 11.8. The first-order valence-electron chi connectivity index (χ1n) is 6.02. The van der Waals surface area contributed by atoms with Gasteiger partial charge >= 0.3 is 5.97 Å². The van der Waals surface area contributed by atoms with Gasteiger partial charge in [0.05, 0.1) is 21.1 Å². The molecule has 0 aliphatic carbocycles. The predicted octanol–water partition coefficient (Wildman–Crippen LogP) is 2.44. The lowest BCUT2D eigenvalue weighted by Crippen LogP contribution is -2.38. The molecule has 0 bridgehead atoms. The number of methoxy groups -OCH3 is 1. The van der Waals surface area contributed by atoms with E-state index in [9.17, 15) is 9.59 Å². The van der Waals surface area contributed by atoms with Crippen molar-refractivity contribution in [2.45, 2.75) is 13.0 Å². The number of carbonyl (C=O) groups excluding carboxylic acids is 1. The van der Waals surface area contributed by atoms with Crippen LogP contribution >= 0.6 is 31.9 Å². The Labute approximate surface area is 139 Å². The minimum Gasteiger partial charge on any atom is -0.479 e. The van der Waals surface area contributed by atoms with Crippen molar-refractivity contribution in [1.82, 2.24) is 5.32 Å². The average Bonchev–Trinajstić information content (AvgIpc) is 2.42. The Kier molecular flexibility index (Phi) is 7.13. The summed E-state index contributed by atoms with van der Waals surface area (Å²) in [7, 11) is 1.55. The highest BCUT2D eigenvalue weighted by Crippen LogP contribution is 2.35. The number of ether oxygens (including phenoxy) is 2. The van der Waals surface area contributed by atoms with Crippen molar-refractivity contribution in [3.63, 3.8) is 0 Å². The quantitative estimate of drug-likeness (QED) is 0.656. The normalized spacial score (nSPS) is 11.8. The van der Waals surface area contributed by atoms with Crippen LogP contribution in [0.1, 0.15) is 17.3 Å². The Balaban J connectivity index is 2.78. The number of nitrogens with one attached hydrogen (secondary N) is 1. The van der Waals surface area contributed by atoms with Crippen molar-refractivity contribution in [3.8, 4) is 5.75 Å². The molecule has 0 heterocycles. The van der Waals surface area contributed by atoms with Crippen LogP contribution in [0.25, 0.3) is 0 Å². The lowest BCUT2D eigenvalue weighted by atomic mass is 10.2. The molecular weight excluding hydrogens is 410 g/mol. The van der Waals surface area contributed by atoms with Gasteiger partial charge in [-0.2, -0.15) is 0 Å². The van der Waals surface area contributed by atoms with E-state index in [1.807, 2.05) is 0 Å². The zero-order valence-corrected chi connectivity index (χ0v) is 14.7. The largest absolute Gasteiger partial charge is 0.479 e. The van der Waals surface area contributed by atoms with Crippen molar-refractivity contribution in [3.05, 3.63) is 26.6 Å². The van der Waals surface area contributed by atoms with E-state index < -0.39 is 12.1 Å². The molecular formula is C13H15Br2NO5. The summed E-state index contributed by atoms with van der Waals surface area (Å²) >= 11 is 6.48. The van der Waals surface area contributed by atoms with Crippen molar-refractivity contribution >= 4 is 43.7 Å². The first kappa shape index (κ1) is 17.9. The van der Waals surface area contributed by atoms with Crippen LogP contribution in [0.4, 0.5) is 0 Å². The first-order valence-corrected chi connectivity index (χ1v) is 7.61. The van der Waals surface area contributed by atoms with E-state index in [1.165, 1.54) is 12.1 Å². The maximum atomic E-state index is 11.8. The van der Waals surface area contributed by atoms with Gasteiger partial charge in [-0.05, 0) is 50.9 Å². The van der Waals surface area contributed by atoms with Gasteiger partial charge in [0, 0.05) is 13.7 Å². The lowest BCUT2D eigenvalue weighted by molar-refractivity contribution is -0.127. The number of amides is 1. The second kappa shape index (κ2) is 8.35. The van der Waals surface area contributed by atoms with Crippen LogP contribution in [0.15, 0.2) is 21.1 Å². The number of halogens is 2. The van der Waals surface area contributed by atoms with Gasteiger partial charge in [0.2, 0.25) is 0 Å². The third kappa shape index (κ3) is 5.29. The summed E-state index contributed by atoms with van der Waals surface area (Å²) in [5.74, 6) is -0.962. The van der Waals surface area contributed by atoms with E-state index in [2.05, 4.69) is 37.2 Å². The number of carboxylic acid groups (broad SMARTS) is 1. The van der Waals surface area contributed by atoms with Gasteiger partial charge in [-0.25, -0.2) is 4.79 Å². The van der Waals surface area contributed by atoms with Crippen molar-refractivity contribution < 1.29 is 24.2 Å². The highest BCUT2D eigenvalue weighted by Gasteiger charge is 2.19. The van der Waals surface area contributed by atoms with Gasteiger partial charge in [0.15, 0.2) is 6.10 Å². The average molecular weight is 425 g/mol. The molecule has 0 saturated heterocycles. The van der Waals surface area contributed by atoms with Gasteiger partial charge in [-0.3, -0.25) is 4.79 Å². The number of aromatic carboxylic acids is 1. The fourth-order valence-corrected chi connectivity index (χ4v) is 2.82. The smallest absolute Gasteiger partial charge is 0.335 e. The molecule has 8 heteroatoms. The van der Waals surface area contributed by atoms with E-state index in [0.29, 0.717) is 27.8 Å². The molecule has 1 amide bonds. The summed E-state index contributed by atoms with van der Waals surface area (Å²) < 4.78 is 11.3. The van der Waals surface area contributed by atoms with Gasteiger partial charge in [-0.1, -0.05) is 0 Å². The fraction of sp³-hybridized carbons (Fsp3) is 0.385. The van der Waals surface area contributed by atoms with Crippen LogP contribution in [-0.2, 0) is 9.53 Å². The molecule has 21 heavy (non-hydrogen) atoms. The zero-order valence-electron chi connectivity index (χ0n) is 11.5. The molecule has 1 rings (SSSR count). The summed E-state index contributed by atoms with van der Waals surface area (Å²) in [5.41, 5.74) is 0.110. The maximum Gasteiger partial charge on any atom is 0.335 e. The number of hydrogen-bond acceptors (Lipinski definition) is 4. The van der Waals surface area contributed by atoms with Gasteiger partial charge in [0.1, 0.15) is 5.75 Å². The summed E-state index contributed by atoms with van der Waals surface area (Å²) in [5, 5.41) is 11.6. The second-order valence-corrected chi connectivity index (χ2v) is 5.83. The summed E-state index contributed by atoms with van der Waals surface area (Å²) in [6, 6.07) is 2.83. The topological polar surface area (TPSA) is 84.9 Å². The summed E-state index contributed by atoms with van der Waals surface area (Å²) in [4.78, 5) is 22.7. The van der Waals surface area contributed by atoms with Crippen molar-refractivity contribution in [1.29, 1.82) is 0 Å². The lowest BCUT2D eigenvalue weighted by Gasteiger charge is -2.17. The number of rotatable bonds is 7. The third-order valence-corrected chi connectivity index (χ3v) is 3.69. The number of carbonyl (C=O) groups is 2.